The third-order valence-electron chi connectivity index (χ3n) is 2.51. The molecule has 1 saturated carbocycles. The van der Waals surface area contributed by atoms with Crippen LogP contribution in [0.3, 0.4) is 0 Å². The minimum atomic E-state index is 0.386. The van der Waals surface area contributed by atoms with Gasteiger partial charge in [-0.25, -0.2) is 0 Å². The molecule has 0 radical (unpaired) electrons. The number of nitrogens with zero attached hydrogens (tertiary/aromatic N) is 1. The normalized spacial score (nSPS) is 15.1. The summed E-state index contributed by atoms with van der Waals surface area (Å²) < 4.78 is 6.51. The lowest BCUT2D eigenvalue weighted by Crippen LogP contribution is -1.99. The summed E-state index contributed by atoms with van der Waals surface area (Å²) in [4.78, 5) is 10.6. The Morgan fingerprint density at radius 3 is 2.87 bits per heavy atom. The zero-order valence-electron chi connectivity index (χ0n) is 8.50. The van der Waals surface area contributed by atoms with Crippen molar-refractivity contribution in [2.75, 3.05) is 6.61 Å². The van der Waals surface area contributed by atoms with Crippen LogP contribution in [-0.2, 0) is 0 Å². The highest BCUT2D eigenvalue weighted by atomic mass is 79.9. The van der Waals surface area contributed by atoms with Gasteiger partial charge >= 0.3 is 0 Å². The maximum atomic E-state index is 10.6. The van der Waals surface area contributed by atoms with Crippen molar-refractivity contribution in [2.45, 2.75) is 19.8 Å². The molecule has 2 rings (SSSR count). The molecule has 0 N–H and O–H groups in total. The third-order valence-corrected chi connectivity index (χ3v) is 3.36. The molecular formula is C11H12BrNO2. The Labute approximate surface area is 96.9 Å². The van der Waals surface area contributed by atoms with Gasteiger partial charge in [-0.2, -0.15) is 0 Å². The van der Waals surface area contributed by atoms with E-state index in [0.717, 1.165) is 10.0 Å². The number of aryl methyl sites for hydroxylation is 1. The summed E-state index contributed by atoms with van der Waals surface area (Å²) in [6.07, 6.45) is 2.47. The standard InChI is InChI=1S/C11H12BrNO2/c1-7-4-10(13-14)11(5-9(7)12)15-6-8-2-3-8/h4-5,8H,2-3,6H2,1H3. The first-order valence-electron chi connectivity index (χ1n) is 4.97. The predicted molar refractivity (Wildman–Crippen MR) is 62.6 cm³/mol. The highest BCUT2D eigenvalue weighted by Crippen LogP contribution is 2.35. The Balaban J connectivity index is 2.18. The maximum Gasteiger partial charge on any atom is 0.150 e. The minimum Gasteiger partial charge on any atom is -0.491 e. The molecule has 4 heteroatoms. The van der Waals surface area contributed by atoms with Crippen LogP contribution in [0, 0.1) is 17.7 Å². The number of benzene rings is 1. The zero-order valence-corrected chi connectivity index (χ0v) is 10.1. The first-order valence-corrected chi connectivity index (χ1v) is 5.76. The van der Waals surface area contributed by atoms with Crippen molar-refractivity contribution < 1.29 is 4.74 Å². The summed E-state index contributed by atoms with van der Waals surface area (Å²) in [5, 5.41) is 2.97. The molecule has 1 fully saturated rings. The summed E-state index contributed by atoms with van der Waals surface area (Å²) in [6.45, 7) is 2.61. The molecule has 80 valence electrons. The molecule has 1 aliphatic rings. The van der Waals surface area contributed by atoms with E-state index in [1.165, 1.54) is 12.8 Å². The molecule has 0 unspecified atom stereocenters. The molecule has 0 saturated heterocycles. The van der Waals surface area contributed by atoms with Gasteiger partial charge in [0.2, 0.25) is 0 Å². The molecule has 0 aliphatic heterocycles. The van der Waals surface area contributed by atoms with E-state index in [4.69, 9.17) is 4.74 Å². The SMILES string of the molecule is Cc1cc(N=O)c(OCC2CC2)cc1Br. The number of rotatable bonds is 4. The van der Waals surface area contributed by atoms with Crippen LogP contribution in [0.4, 0.5) is 5.69 Å². The van der Waals surface area contributed by atoms with Crippen LogP contribution in [0.2, 0.25) is 0 Å². The molecule has 1 aromatic rings. The first-order chi connectivity index (χ1) is 7.20. The van der Waals surface area contributed by atoms with Crippen LogP contribution in [-0.4, -0.2) is 6.61 Å². The minimum absolute atomic E-state index is 0.386. The molecule has 0 atom stereocenters. The number of ether oxygens (including phenoxy) is 1. The smallest absolute Gasteiger partial charge is 0.150 e. The summed E-state index contributed by atoms with van der Waals surface area (Å²) in [5.41, 5.74) is 1.37. The lowest BCUT2D eigenvalue weighted by atomic mass is 10.2. The van der Waals surface area contributed by atoms with Crippen LogP contribution < -0.4 is 4.74 Å². The van der Waals surface area contributed by atoms with E-state index in [9.17, 15) is 4.91 Å². The molecule has 0 aromatic heterocycles. The lowest BCUT2D eigenvalue weighted by molar-refractivity contribution is 0.300. The van der Waals surface area contributed by atoms with E-state index >= 15 is 0 Å². The van der Waals surface area contributed by atoms with Crippen LogP contribution in [0.25, 0.3) is 0 Å². The Morgan fingerprint density at radius 1 is 1.53 bits per heavy atom. The van der Waals surface area contributed by atoms with Gasteiger partial charge in [0.05, 0.1) is 6.61 Å². The molecule has 0 heterocycles. The van der Waals surface area contributed by atoms with Gasteiger partial charge in [-0.15, -0.1) is 4.91 Å². The summed E-state index contributed by atoms with van der Waals surface area (Å²) in [5.74, 6) is 1.25. The van der Waals surface area contributed by atoms with E-state index in [2.05, 4.69) is 21.1 Å². The fraction of sp³-hybridized carbons (Fsp3) is 0.455. The van der Waals surface area contributed by atoms with Gasteiger partial charge in [-0.1, -0.05) is 15.9 Å². The molecule has 1 aliphatic carbocycles. The van der Waals surface area contributed by atoms with Crippen LogP contribution in [0.5, 0.6) is 5.75 Å². The average molecular weight is 270 g/mol. The van der Waals surface area contributed by atoms with Crippen LogP contribution >= 0.6 is 15.9 Å². The molecular weight excluding hydrogens is 258 g/mol. The van der Waals surface area contributed by atoms with Crippen LogP contribution in [0.1, 0.15) is 18.4 Å². The Bertz CT molecular complexity index is 388. The van der Waals surface area contributed by atoms with Crippen molar-refractivity contribution in [3.63, 3.8) is 0 Å². The summed E-state index contributed by atoms with van der Waals surface area (Å²) in [6, 6.07) is 3.55. The molecule has 0 bridgehead atoms. The van der Waals surface area contributed by atoms with Gasteiger partial charge in [0, 0.05) is 4.47 Å². The van der Waals surface area contributed by atoms with Crippen molar-refractivity contribution in [2.24, 2.45) is 11.1 Å². The van der Waals surface area contributed by atoms with E-state index in [1.807, 2.05) is 13.0 Å². The molecule has 3 nitrogen and oxygen atoms in total. The molecule has 0 amide bonds. The second-order valence-electron chi connectivity index (χ2n) is 3.91. The first kappa shape index (κ1) is 10.6. The van der Waals surface area contributed by atoms with Gasteiger partial charge in [-0.05, 0) is 48.6 Å². The van der Waals surface area contributed by atoms with Crippen LogP contribution in [0.15, 0.2) is 21.8 Å². The summed E-state index contributed by atoms with van der Waals surface area (Å²) in [7, 11) is 0. The molecule has 1 aromatic carbocycles. The van der Waals surface area contributed by atoms with Gasteiger partial charge in [0.15, 0.2) is 0 Å². The quantitative estimate of drug-likeness (QED) is 0.777. The van der Waals surface area contributed by atoms with Gasteiger partial charge in [0.1, 0.15) is 11.4 Å². The second kappa shape index (κ2) is 4.31. The van der Waals surface area contributed by atoms with Crippen molar-refractivity contribution in [3.05, 3.63) is 27.1 Å². The molecule has 0 spiro atoms. The van der Waals surface area contributed by atoms with Crippen molar-refractivity contribution in [1.82, 2.24) is 0 Å². The average Bonchev–Trinajstić information content (AvgIpc) is 3.03. The highest BCUT2D eigenvalue weighted by molar-refractivity contribution is 9.10. The van der Waals surface area contributed by atoms with E-state index in [-0.39, 0.29) is 0 Å². The maximum absolute atomic E-state index is 10.6. The number of hydrogen-bond donors (Lipinski definition) is 0. The predicted octanol–water partition coefficient (Wildman–Crippen LogP) is 3.94. The Kier molecular flexibility index (Phi) is 3.05. The number of nitroso groups, excluding NO2 is 1. The monoisotopic (exact) mass is 269 g/mol. The fourth-order valence-corrected chi connectivity index (χ4v) is 1.65. The Hall–Kier alpha value is -0.900. The number of halogens is 1. The van der Waals surface area contributed by atoms with E-state index in [0.29, 0.717) is 24.0 Å². The highest BCUT2D eigenvalue weighted by Gasteiger charge is 2.22. The van der Waals surface area contributed by atoms with Gasteiger partial charge < -0.3 is 4.74 Å². The lowest BCUT2D eigenvalue weighted by Gasteiger charge is -2.08. The van der Waals surface area contributed by atoms with E-state index < -0.39 is 0 Å². The van der Waals surface area contributed by atoms with Gasteiger partial charge in [-0.3, -0.25) is 0 Å². The van der Waals surface area contributed by atoms with E-state index in [1.54, 1.807) is 6.07 Å². The van der Waals surface area contributed by atoms with Crippen molar-refractivity contribution >= 4 is 21.6 Å². The number of hydrogen-bond acceptors (Lipinski definition) is 3. The topological polar surface area (TPSA) is 38.7 Å². The van der Waals surface area contributed by atoms with Crippen molar-refractivity contribution in [3.8, 4) is 5.75 Å². The largest absolute Gasteiger partial charge is 0.491 e. The zero-order chi connectivity index (χ0) is 10.8. The second-order valence-corrected chi connectivity index (χ2v) is 4.77. The molecule has 15 heavy (non-hydrogen) atoms. The van der Waals surface area contributed by atoms with Crippen molar-refractivity contribution in [1.29, 1.82) is 0 Å². The van der Waals surface area contributed by atoms with Gasteiger partial charge in [0.25, 0.3) is 0 Å². The third kappa shape index (κ3) is 2.56. The fourth-order valence-electron chi connectivity index (χ4n) is 1.33. The Morgan fingerprint density at radius 2 is 2.27 bits per heavy atom. The summed E-state index contributed by atoms with van der Waals surface area (Å²) >= 11 is 3.41.